The number of hydrogen-bond acceptors (Lipinski definition) is 4. The monoisotopic (exact) mass is 204 g/mol. The first kappa shape index (κ1) is 13.2. The van der Waals surface area contributed by atoms with E-state index < -0.39 is 17.8 Å². The number of likely N-dealkylation sites (N-methyl/N-ethyl adjacent to an activating group) is 1. The van der Waals surface area contributed by atoms with E-state index in [9.17, 15) is 9.90 Å². The Balaban J connectivity index is 3.64. The van der Waals surface area contributed by atoms with E-state index in [1.807, 2.05) is 0 Å². The van der Waals surface area contributed by atoms with Gasteiger partial charge in [-0.05, 0) is 27.8 Å². The summed E-state index contributed by atoms with van der Waals surface area (Å²) in [4.78, 5) is 11.1. The van der Waals surface area contributed by atoms with E-state index in [2.05, 4.69) is 10.6 Å². The number of aliphatic hydroxyl groups is 1. The van der Waals surface area contributed by atoms with Crippen LogP contribution >= 0.6 is 0 Å². The molecule has 5 nitrogen and oxygen atoms in total. The summed E-state index contributed by atoms with van der Waals surface area (Å²) in [5, 5.41) is 14.5. The minimum absolute atomic E-state index is 0.190. The molecule has 0 fully saturated rings. The van der Waals surface area contributed by atoms with Gasteiger partial charge < -0.3 is 20.5 Å². The molecule has 14 heavy (non-hydrogen) atoms. The second-order valence-electron chi connectivity index (χ2n) is 4.09. The zero-order chi connectivity index (χ0) is 11.2. The molecule has 0 rings (SSSR count). The Labute approximate surface area is 84.8 Å². The van der Waals surface area contributed by atoms with E-state index in [1.165, 1.54) is 0 Å². The third-order valence-electron chi connectivity index (χ3n) is 1.32. The molecular weight excluding hydrogens is 184 g/mol. The number of amides is 1. The van der Waals surface area contributed by atoms with Gasteiger partial charge in [0.1, 0.15) is 5.60 Å². The van der Waals surface area contributed by atoms with Crippen molar-refractivity contribution in [1.29, 1.82) is 0 Å². The highest BCUT2D eigenvalue weighted by atomic mass is 16.6. The molecule has 0 saturated heterocycles. The minimum Gasteiger partial charge on any atom is -0.444 e. The standard InChI is InChI=1S/C9H20N2O3/c1-9(2,3)14-8(13)11-6-7(12)5-10-4/h7,10,12H,5-6H2,1-4H3,(H,11,13). The number of hydrogen-bond donors (Lipinski definition) is 3. The molecule has 0 radical (unpaired) electrons. The van der Waals surface area contributed by atoms with Gasteiger partial charge in [0, 0.05) is 13.1 Å². The van der Waals surface area contributed by atoms with Crippen LogP contribution < -0.4 is 10.6 Å². The summed E-state index contributed by atoms with van der Waals surface area (Å²) in [5.41, 5.74) is -0.502. The van der Waals surface area contributed by atoms with E-state index in [1.54, 1.807) is 27.8 Å². The highest BCUT2D eigenvalue weighted by molar-refractivity contribution is 5.67. The molecular formula is C9H20N2O3. The van der Waals surface area contributed by atoms with Crippen LogP contribution in [0.15, 0.2) is 0 Å². The molecule has 0 spiro atoms. The molecule has 1 amide bonds. The van der Waals surface area contributed by atoms with Crippen LogP contribution in [0, 0.1) is 0 Å². The molecule has 0 heterocycles. The van der Waals surface area contributed by atoms with Crippen molar-refractivity contribution in [1.82, 2.24) is 10.6 Å². The highest BCUT2D eigenvalue weighted by Gasteiger charge is 2.16. The van der Waals surface area contributed by atoms with Crippen LogP contribution in [0.25, 0.3) is 0 Å². The number of alkyl carbamates (subject to hydrolysis) is 1. The third kappa shape index (κ3) is 7.82. The van der Waals surface area contributed by atoms with Crippen LogP contribution in [-0.2, 0) is 4.74 Å². The zero-order valence-electron chi connectivity index (χ0n) is 9.26. The van der Waals surface area contributed by atoms with Crippen molar-refractivity contribution in [3.8, 4) is 0 Å². The van der Waals surface area contributed by atoms with Crippen molar-refractivity contribution in [2.75, 3.05) is 20.1 Å². The summed E-state index contributed by atoms with van der Waals surface area (Å²) in [6.45, 7) is 6.00. The Hall–Kier alpha value is -0.810. The summed E-state index contributed by atoms with van der Waals surface area (Å²) in [7, 11) is 1.73. The van der Waals surface area contributed by atoms with Crippen LogP contribution in [-0.4, -0.2) is 43.0 Å². The summed E-state index contributed by atoms with van der Waals surface area (Å²) in [6.07, 6.45) is -1.10. The first-order valence-electron chi connectivity index (χ1n) is 4.64. The molecule has 0 saturated carbocycles. The zero-order valence-corrected chi connectivity index (χ0v) is 9.26. The van der Waals surface area contributed by atoms with E-state index in [0.29, 0.717) is 6.54 Å². The maximum atomic E-state index is 11.1. The molecule has 0 aromatic heterocycles. The first-order valence-corrected chi connectivity index (χ1v) is 4.64. The molecule has 0 aliphatic heterocycles. The van der Waals surface area contributed by atoms with Gasteiger partial charge in [0.05, 0.1) is 6.10 Å². The fraction of sp³-hybridized carbons (Fsp3) is 0.889. The van der Waals surface area contributed by atoms with Crippen LogP contribution in [0.4, 0.5) is 4.79 Å². The lowest BCUT2D eigenvalue weighted by atomic mass is 10.2. The summed E-state index contributed by atoms with van der Waals surface area (Å²) >= 11 is 0. The predicted molar refractivity (Wildman–Crippen MR) is 54.2 cm³/mol. The average molecular weight is 204 g/mol. The normalized spacial score (nSPS) is 13.5. The first-order chi connectivity index (χ1) is 6.35. The van der Waals surface area contributed by atoms with E-state index in [0.717, 1.165) is 0 Å². The Morgan fingerprint density at radius 2 is 2.00 bits per heavy atom. The van der Waals surface area contributed by atoms with E-state index in [4.69, 9.17) is 4.74 Å². The maximum absolute atomic E-state index is 11.1. The van der Waals surface area contributed by atoms with Crippen LogP contribution in [0.5, 0.6) is 0 Å². The number of aliphatic hydroxyl groups excluding tert-OH is 1. The Morgan fingerprint density at radius 3 is 2.43 bits per heavy atom. The predicted octanol–water partition coefficient (Wildman–Crippen LogP) is 0.0914. The second-order valence-corrected chi connectivity index (χ2v) is 4.09. The molecule has 0 aromatic carbocycles. The van der Waals surface area contributed by atoms with Crippen molar-refractivity contribution in [2.45, 2.75) is 32.5 Å². The number of rotatable bonds is 4. The third-order valence-corrected chi connectivity index (χ3v) is 1.32. The molecule has 0 aliphatic carbocycles. The Bertz CT molecular complexity index is 177. The van der Waals surface area contributed by atoms with Gasteiger partial charge in [-0.1, -0.05) is 0 Å². The van der Waals surface area contributed by atoms with Crippen molar-refractivity contribution < 1.29 is 14.6 Å². The number of carbonyl (C=O) groups excluding carboxylic acids is 1. The number of nitrogens with one attached hydrogen (secondary N) is 2. The summed E-state index contributed by atoms with van der Waals surface area (Å²) < 4.78 is 4.98. The van der Waals surface area contributed by atoms with Gasteiger partial charge >= 0.3 is 6.09 Å². The molecule has 0 bridgehead atoms. The molecule has 84 valence electrons. The molecule has 0 aliphatic rings. The van der Waals surface area contributed by atoms with Crippen LogP contribution in [0.1, 0.15) is 20.8 Å². The average Bonchev–Trinajstić information content (AvgIpc) is 1.98. The SMILES string of the molecule is CNCC(O)CNC(=O)OC(C)(C)C. The quantitative estimate of drug-likeness (QED) is 0.607. The molecule has 1 atom stereocenters. The fourth-order valence-corrected chi connectivity index (χ4v) is 0.823. The summed E-state index contributed by atoms with van der Waals surface area (Å²) in [6, 6.07) is 0. The van der Waals surface area contributed by atoms with E-state index >= 15 is 0 Å². The van der Waals surface area contributed by atoms with Gasteiger partial charge in [-0.3, -0.25) is 0 Å². The second kappa shape index (κ2) is 5.82. The van der Waals surface area contributed by atoms with Crippen molar-refractivity contribution in [3.05, 3.63) is 0 Å². The van der Waals surface area contributed by atoms with Gasteiger partial charge in [-0.15, -0.1) is 0 Å². The van der Waals surface area contributed by atoms with Gasteiger partial charge in [0.2, 0.25) is 0 Å². The van der Waals surface area contributed by atoms with Crippen LogP contribution in [0.2, 0.25) is 0 Å². The number of ether oxygens (including phenoxy) is 1. The smallest absolute Gasteiger partial charge is 0.407 e. The van der Waals surface area contributed by atoms with Crippen molar-refractivity contribution in [3.63, 3.8) is 0 Å². The van der Waals surface area contributed by atoms with E-state index in [-0.39, 0.29) is 6.54 Å². The van der Waals surface area contributed by atoms with Crippen molar-refractivity contribution >= 4 is 6.09 Å². The maximum Gasteiger partial charge on any atom is 0.407 e. The lowest BCUT2D eigenvalue weighted by Crippen LogP contribution is -2.39. The molecule has 0 aromatic rings. The lowest BCUT2D eigenvalue weighted by molar-refractivity contribution is 0.0492. The van der Waals surface area contributed by atoms with Gasteiger partial charge in [-0.25, -0.2) is 4.79 Å². The highest BCUT2D eigenvalue weighted by Crippen LogP contribution is 2.06. The van der Waals surface area contributed by atoms with Gasteiger partial charge in [0.15, 0.2) is 0 Å². The summed E-state index contributed by atoms with van der Waals surface area (Å²) in [5.74, 6) is 0. The van der Waals surface area contributed by atoms with Crippen LogP contribution in [0.3, 0.4) is 0 Å². The van der Waals surface area contributed by atoms with Gasteiger partial charge in [0.25, 0.3) is 0 Å². The Morgan fingerprint density at radius 1 is 1.43 bits per heavy atom. The largest absolute Gasteiger partial charge is 0.444 e. The molecule has 1 unspecified atom stereocenters. The molecule has 5 heteroatoms. The lowest BCUT2D eigenvalue weighted by Gasteiger charge is -2.20. The minimum atomic E-state index is -0.590. The van der Waals surface area contributed by atoms with Gasteiger partial charge in [-0.2, -0.15) is 0 Å². The molecule has 3 N–H and O–H groups in total. The Kier molecular flexibility index (Phi) is 5.49. The van der Waals surface area contributed by atoms with Crippen molar-refractivity contribution in [2.24, 2.45) is 0 Å². The fourth-order valence-electron chi connectivity index (χ4n) is 0.823. The number of carbonyl (C=O) groups is 1. The topological polar surface area (TPSA) is 70.6 Å².